The molecule has 4 nitrogen and oxygen atoms in total. The largest absolute Gasteiger partial charge is 0.276 e. The number of hydrazone groups is 1. The van der Waals surface area contributed by atoms with Crippen molar-refractivity contribution in [3.8, 4) is 0 Å². The van der Waals surface area contributed by atoms with E-state index in [0.717, 1.165) is 10.4 Å². The van der Waals surface area contributed by atoms with Crippen LogP contribution in [0.1, 0.15) is 36.8 Å². The Morgan fingerprint density at radius 1 is 1.23 bits per heavy atom. The third-order valence-electron chi connectivity index (χ3n) is 3.25. The van der Waals surface area contributed by atoms with Crippen LogP contribution in [-0.4, -0.2) is 14.6 Å². The van der Waals surface area contributed by atoms with Crippen LogP contribution in [0.3, 0.4) is 0 Å². The lowest BCUT2D eigenvalue weighted by Gasteiger charge is -2.20. The van der Waals surface area contributed by atoms with E-state index in [1.165, 1.54) is 17.6 Å². The Bertz CT molecular complexity index is 771. The van der Waals surface area contributed by atoms with Gasteiger partial charge in [0.1, 0.15) is 0 Å². The van der Waals surface area contributed by atoms with Crippen LogP contribution in [0.2, 0.25) is 0 Å². The number of benzene rings is 1. The molecular formula is C16H20N2O2S2. The molecule has 0 amide bonds. The summed E-state index contributed by atoms with van der Waals surface area (Å²) in [6.07, 6.45) is 1.51. The summed E-state index contributed by atoms with van der Waals surface area (Å²) >= 11 is 1.49. The number of hydrogen-bond donors (Lipinski definition) is 1. The van der Waals surface area contributed by atoms with Crippen molar-refractivity contribution in [2.75, 3.05) is 0 Å². The SMILES string of the molecule is Cc1ccc(C(C)(C)C)cc1S(=O)(=O)N/N=C/c1cccs1. The predicted octanol–water partition coefficient (Wildman–Crippen LogP) is 3.67. The molecule has 1 aromatic carbocycles. The lowest BCUT2D eigenvalue weighted by molar-refractivity contribution is 0.577. The minimum atomic E-state index is -3.67. The Kier molecular flexibility index (Phi) is 4.72. The Balaban J connectivity index is 2.29. The average molecular weight is 336 g/mol. The van der Waals surface area contributed by atoms with Crippen LogP contribution < -0.4 is 4.83 Å². The highest BCUT2D eigenvalue weighted by Gasteiger charge is 2.20. The number of nitrogens with one attached hydrogen (secondary N) is 1. The number of nitrogens with zero attached hydrogens (tertiary/aromatic N) is 1. The third-order valence-corrected chi connectivity index (χ3v) is 5.42. The first kappa shape index (κ1) is 16.7. The van der Waals surface area contributed by atoms with E-state index >= 15 is 0 Å². The summed E-state index contributed by atoms with van der Waals surface area (Å²) in [5, 5.41) is 5.75. The molecule has 0 aliphatic heterocycles. The van der Waals surface area contributed by atoms with Gasteiger partial charge < -0.3 is 0 Å². The fraction of sp³-hybridized carbons (Fsp3) is 0.312. The van der Waals surface area contributed by atoms with Crippen LogP contribution in [0.4, 0.5) is 0 Å². The Labute approximate surface area is 135 Å². The van der Waals surface area contributed by atoms with Gasteiger partial charge in [0, 0.05) is 4.88 Å². The van der Waals surface area contributed by atoms with E-state index in [-0.39, 0.29) is 10.3 Å². The van der Waals surface area contributed by atoms with E-state index in [1.54, 1.807) is 13.0 Å². The number of aryl methyl sites for hydroxylation is 1. The van der Waals surface area contributed by atoms with Gasteiger partial charge in [-0.2, -0.15) is 13.5 Å². The van der Waals surface area contributed by atoms with Crippen molar-refractivity contribution < 1.29 is 8.42 Å². The maximum Gasteiger partial charge on any atom is 0.276 e. The molecule has 0 fully saturated rings. The summed E-state index contributed by atoms with van der Waals surface area (Å²) < 4.78 is 24.9. The summed E-state index contributed by atoms with van der Waals surface area (Å²) in [5.74, 6) is 0. The zero-order valence-corrected chi connectivity index (χ0v) is 14.8. The van der Waals surface area contributed by atoms with E-state index in [4.69, 9.17) is 0 Å². The normalized spacial score (nSPS) is 12.7. The molecule has 0 bridgehead atoms. The van der Waals surface area contributed by atoms with Gasteiger partial charge in [-0.25, -0.2) is 4.83 Å². The quantitative estimate of drug-likeness (QED) is 0.684. The van der Waals surface area contributed by atoms with Gasteiger partial charge in [0.05, 0.1) is 11.1 Å². The minimum Gasteiger partial charge on any atom is -0.200 e. The second kappa shape index (κ2) is 6.22. The molecule has 0 atom stereocenters. The Hall–Kier alpha value is -1.66. The van der Waals surface area contributed by atoms with Crippen molar-refractivity contribution in [2.45, 2.75) is 38.0 Å². The van der Waals surface area contributed by atoms with E-state index < -0.39 is 10.0 Å². The summed E-state index contributed by atoms with van der Waals surface area (Å²) in [6.45, 7) is 7.94. The smallest absolute Gasteiger partial charge is 0.200 e. The van der Waals surface area contributed by atoms with E-state index in [9.17, 15) is 8.42 Å². The summed E-state index contributed by atoms with van der Waals surface area (Å²) in [4.78, 5) is 3.44. The van der Waals surface area contributed by atoms with Crippen molar-refractivity contribution in [3.63, 3.8) is 0 Å². The molecule has 0 aliphatic rings. The molecule has 0 saturated heterocycles. The first-order valence-corrected chi connectivity index (χ1v) is 9.26. The molecule has 0 radical (unpaired) electrons. The van der Waals surface area contributed by atoms with Crippen molar-refractivity contribution in [1.29, 1.82) is 0 Å². The summed E-state index contributed by atoms with van der Waals surface area (Å²) in [5.41, 5.74) is 1.56. The zero-order chi connectivity index (χ0) is 16.4. The van der Waals surface area contributed by atoms with Gasteiger partial charge in [0.2, 0.25) is 0 Å². The van der Waals surface area contributed by atoms with Gasteiger partial charge in [0.15, 0.2) is 0 Å². The summed E-state index contributed by atoms with van der Waals surface area (Å²) in [6, 6.07) is 9.27. The minimum absolute atomic E-state index is 0.113. The molecule has 1 heterocycles. The van der Waals surface area contributed by atoms with E-state index in [1.807, 2.05) is 29.6 Å². The lowest BCUT2D eigenvalue weighted by atomic mass is 9.87. The standard InChI is InChI=1S/C16H20N2O2S2/c1-12-7-8-13(16(2,3)4)10-15(12)22(19,20)18-17-11-14-6-5-9-21-14/h5-11,18H,1-4H3/b17-11+. The van der Waals surface area contributed by atoms with Gasteiger partial charge in [-0.05, 0) is 41.0 Å². The topological polar surface area (TPSA) is 58.5 Å². The van der Waals surface area contributed by atoms with Gasteiger partial charge in [0.25, 0.3) is 10.0 Å². The van der Waals surface area contributed by atoms with Gasteiger partial charge in [-0.15, -0.1) is 11.3 Å². The molecule has 118 valence electrons. The Morgan fingerprint density at radius 3 is 2.55 bits per heavy atom. The fourth-order valence-electron chi connectivity index (χ4n) is 1.93. The monoisotopic (exact) mass is 336 g/mol. The van der Waals surface area contributed by atoms with E-state index in [2.05, 4.69) is 30.7 Å². The van der Waals surface area contributed by atoms with E-state index in [0.29, 0.717) is 5.56 Å². The zero-order valence-electron chi connectivity index (χ0n) is 13.1. The first-order chi connectivity index (χ1) is 10.2. The maximum atomic E-state index is 12.4. The number of thiophene rings is 1. The highest BCUT2D eigenvalue weighted by atomic mass is 32.2. The molecular weight excluding hydrogens is 316 g/mol. The summed E-state index contributed by atoms with van der Waals surface area (Å²) in [7, 11) is -3.67. The molecule has 0 spiro atoms. The molecule has 2 aromatic rings. The van der Waals surface area contributed by atoms with Crippen molar-refractivity contribution in [1.82, 2.24) is 4.83 Å². The lowest BCUT2D eigenvalue weighted by Crippen LogP contribution is -2.21. The van der Waals surface area contributed by atoms with Crippen LogP contribution in [0.5, 0.6) is 0 Å². The Morgan fingerprint density at radius 2 is 1.95 bits per heavy atom. The number of hydrogen-bond acceptors (Lipinski definition) is 4. The molecule has 1 aromatic heterocycles. The third kappa shape index (κ3) is 3.96. The molecule has 2 rings (SSSR count). The average Bonchev–Trinajstić information content (AvgIpc) is 2.90. The van der Waals surface area contributed by atoms with Gasteiger partial charge in [-0.1, -0.05) is 39.0 Å². The second-order valence-electron chi connectivity index (χ2n) is 6.10. The molecule has 22 heavy (non-hydrogen) atoms. The number of sulfonamides is 1. The van der Waals surface area contributed by atoms with Crippen molar-refractivity contribution in [3.05, 3.63) is 51.7 Å². The van der Waals surface area contributed by atoms with Crippen LogP contribution in [0, 0.1) is 6.92 Å². The van der Waals surface area contributed by atoms with Crippen molar-refractivity contribution >= 4 is 27.6 Å². The molecule has 0 aliphatic carbocycles. The van der Waals surface area contributed by atoms with Gasteiger partial charge in [-0.3, -0.25) is 0 Å². The maximum absolute atomic E-state index is 12.4. The van der Waals surface area contributed by atoms with Crippen LogP contribution in [0.25, 0.3) is 0 Å². The van der Waals surface area contributed by atoms with Crippen molar-refractivity contribution in [2.24, 2.45) is 5.10 Å². The van der Waals surface area contributed by atoms with Crippen LogP contribution >= 0.6 is 11.3 Å². The van der Waals surface area contributed by atoms with Crippen LogP contribution in [0.15, 0.2) is 45.7 Å². The molecule has 0 saturated carbocycles. The molecule has 0 unspecified atom stereocenters. The molecule has 1 N–H and O–H groups in total. The fourth-order valence-corrected chi connectivity index (χ4v) is 3.58. The predicted molar refractivity (Wildman–Crippen MR) is 92.1 cm³/mol. The highest BCUT2D eigenvalue weighted by Crippen LogP contribution is 2.26. The molecule has 6 heteroatoms. The van der Waals surface area contributed by atoms with Crippen LogP contribution in [-0.2, 0) is 15.4 Å². The second-order valence-corrected chi connectivity index (χ2v) is 8.71. The highest BCUT2D eigenvalue weighted by molar-refractivity contribution is 7.89. The van der Waals surface area contributed by atoms with Gasteiger partial charge >= 0.3 is 0 Å². The first-order valence-electron chi connectivity index (χ1n) is 6.90. The number of rotatable bonds is 4.